The number of hydrogen-bond donors (Lipinski definition) is 2. The first-order valence-electron chi connectivity index (χ1n) is 10.2. The average Bonchev–Trinajstić information content (AvgIpc) is 3.37. The first kappa shape index (κ1) is 22.3. The van der Waals surface area contributed by atoms with E-state index < -0.39 is 10.0 Å². The SMILES string of the molecule is O=C(COc1ccc(-c2ccccc2)cc1)Nc1ccc(S(=O)(=O)NCc2ccco2)cc1. The highest BCUT2D eigenvalue weighted by Crippen LogP contribution is 2.22. The molecule has 7 nitrogen and oxygen atoms in total. The number of benzene rings is 3. The molecule has 0 spiro atoms. The normalized spacial score (nSPS) is 11.2. The van der Waals surface area contributed by atoms with Crippen molar-refractivity contribution in [2.75, 3.05) is 11.9 Å². The number of amides is 1. The number of furan rings is 1. The highest BCUT2D eigenvalue weighted by Gasteiger charge is 2.14. The van der Waals surface area contributed by atoms with E-state index in [1.807, 2.05) is 54.6 Å². The van der Waals surface area contributed by atoms with Crippen molar-refractivity contribution in [1.82, 2.24) is 4.72 Å². The molecule has 0 aliphatic rings. The second kappa shape index (κ2) is 10.2. The van der Waals surface area contributed by atoms with Crippen LogP contribution in [0.4, 0.5) is 5.69 Å². The van der Waals surface area contributed by atoms with E-state index in [0.717, 1.165) is 11.1 Å². The topological polar surface area (TPSA) is 97.6 Å². The van der Waals surface area contributed by atoms with Crippen LogP contribution in [-0.4, -0.2) is 20.9 Å². The molecule has 4 aromatic rings. The van der Waals surface area contributed by atoms with E-state index in [1.54, 1.807) is 12.1 Å². The lowest BCUT2D eigenvalue weighted by molar-refractivity contribution is -0.118. The Balaban J connectivity index is 1.28. The quantitative estimate of drug-likeness (QED) is 0.383. The minimum atomic E-state index is -3.70. The maximum atomic E-state index is 12.4. The van der Waals surface area contributed by atoms with Gasteiger partial charge in [-0.25, -0.2) is 13.1 Å². The van der Waals surface area contributed by atoms with Gasteiger partial charge in [0.1, 0.15) is 11.5 Å². The summed E-state index contributed by atoms with van der Waals surface area (Å²) in [6, 6.07) is 26.7. The second-order valence-corrected chi connectivity index (χ2v) is 8.92. The van der Waals surface area contributed by atoms with Gasteiger partial charge < -0.3 is 14.5 Å². The molecule has 0 bridgehead atoms. The first-order chi connectivity index (χ1) is 16.0. The summed E-state index contributed by atoms with van der Waals surface area (Å²) in [5.41, 5.74) is 2.62. The number of nitrogens with one attached hydrogen (secondary N) is 2. The summed E-state index contributed by atoms with van der Waals surface area (Å²) in [6.07, 6.45) is 1.48. The van der Waals surface area contributed by atoms with Gasteiger partial charge in [-0.1, -0.05) is 42.5 Å². The van der Waals surface area contributed by atoms with Crippen LogP contribution in [0, 0.1) is 0 Å². The highest BCUT2D eigenvalue weighted by molar-refractivity contribution is 7.89. The zero-order valence-corrected chi connectivity index (χ0v) is 18.4. The molecule has 0 saturated heterocycles. The van der Waals surface area contributed by atoms with E-state index in [-0.39, 0.29) is 24.0 Å². The van der Waals surface area contributed by atoms with E-state index in [4.69, 9.17) is 9.15 Å². The largest absolute Gasteiger partial charge is 0.484 e. The number of anilines is 1. The molecule has 4 rings (SSSR count). The van der Waals surface area contributed by atoms with Crippen LogP contribution in [0.25, 0.3) is 11.1 Å². The van der Waals surface area contributed by atoms with E-state index in [9.17, 15) is 13.2 Å². The van der Waals surface area contributed by atoms with Crippen molar-refractivity contribution in [1.29, 1.82) is 0 Å². The number of rotatable bonds is 9. The molecule has 0 aliphatic heterocycles. The van der Waals surface area contributed by atoms with Gasteiger partial charge in [-0.05, 0) is 59.7 Å². The summed E-state index contributed by atoms with van der Waals surface area (Å²) in [5.74, 6) is 0.736. The maximum Gasteiger partial charge on any atom is 0.262 e. The zero-order valence-electron chi connectivity index (χ0n) is 17.6. The maximum absolute atomic E-state index is 12.4. The lowest BCUT2D eigenvalue weighted by Gasteiger charge is -2.10. The van der Waals surface area contributed by atoms with Gasteiger partial charge in [-0.15, -0.1) is 0 Å². The van der Waals surface area contributed by atoms with Gasteiger partial charge in [-0.2, -0.15) is 0 Å². The number of sulfonamides is 1. The van der Waals surface area contributed by atoms with Crippen molar-refractivity contribution in [3.05, 3.63) is 103 Å². The molecule has 0 fully saturated rings. The molecular formula is C25H22N2O5S. The summed E-state index contributed by atoms with van der Waals surface area (Å²) in [6.45, 7) is -0.118. The van der Waals surface area contributed by atoms with Crippen molar-refractivity contribution < 1.29 is 22.4 Å². The fourth-order valence-electron chi connectivity index (χ4n) is 3.10. The Morgan fingerprint density at radius 3 is 2.18 bits per heavy atom. The van der Waals surface area contributed by atoms with Crippen LogP contribution in [0.3, 0.4) is 0 Å². The molecule has 168 valence electrons. The van der Waals surface area contributed by atoms with Gasteiger partial charge in [0.15, 0.2) is 6.61 Å². The standard InChI is InChI=1S/C25H22N2O5S/c28-25(18-32-22-12-8-20(9-13-22)19-5-2-1-3-6-19)27-21-10-14-24(15-11-21)33(29,30)26-17-23-7-4-16-31-23/h1-16,26H,17-18H2,(H,27,28). The van der Waals surface area contributed by atoms with Crippen LogP contribution in [0.1, 0.15) is 5.76 Å². The average molecular weight is 463 g/mol. The molecule has 1 amide bonds. The van der Waals surface area contributed by atoms with Crippen molar-refractivity contribution in [2.45, 2.75) is 11.4 Å². The summed E-state index contributed by atoms with van der Waals surface area (Å²) in [7, 11) is -3.70. The monoisotopic (exact) mass is 462 g/mol. The number of carbonyl (C=O) groups excluding carboxylic acids is 1. The van der Waals surface area contributed by atoms with Gasteiger partial charge in [0.2, 0.25) is 10.0 Å². The van der Waals surface area contributed by atoms with E-state index >= 15 is 0 Å². The van der Waals surface area contributed by atoms with Crippen molar-refractivity contribution in [2.24, 2.45) is 0 Å². The molecule has 33 heavy (non-hydrogen) atoms. The Morgan fingerprint density at radius 1 is 0.818 bits per heavy atom. The van der Waals surface area contributed by atoms with Crippen molar-refractivity contribution in [3.8, 4) is 16.9 Å². The predicted molar refractivity (Wildman–Crippen MR) is 125 cm³/mol. The minimum absolute atomic E-state index is 0.0531. The van der Waals surface area contributed by atoms with Crippen molar-refractivity contribution in [3.63, 3.8) is 0 Å². The van der Waals surface area contributed by atoms with Crippen LogP contribution in [-0.2, 0) is 21.4 Å². The van der Waals surface area contributed by atoms with E-state index in [1.165, 1.54) is 30.5 Å². The van der Waals surface area contributed by atoms with Crippen LogP contribution in [0.5, 0.6) is 5.75 Å². The molecule has 1 aromatic heterocycles. The third-order valence-electron chi connectivity index (χ3n) is 4.80. The Hall–Kier alpha value is -3.88. The third-order valence-corrected chi connectivity index (χ3v) is 6.21. The first-order valence-corrected chi connectivity index (χ1v) is 11.7. The summed E-state index contributed by atoms with van der Waals surface area (Å²) in [5, 5.41) is 2.69. The molecule has 0 unspecified atom stereocenters. The Bertz CT molecular complexity index is 1290. The molecule has 8 heteroatoms. The smallest absolute Gasteiger partial charge is 0.262 e. The van der Waals surface area contributed by atoms with Gasteiger partial charge >= 0.3 is 0 Å². The molecule has 1 heterocycles. The fraction of sp³-hybridized carbons (Fsp3) is 0.0800. The van der Waals surface area contributed by atoms with E-state index in [2.05, 4.69) is 10.0 Å². The Morgan fingerprint density at radius 2 is 1.52 bits per heavy atom. The molecule has 0 saturated carbocycles. The third kappa shape index (κ3) is 6.09. The van der Waals surface area contributed by atoms with Gasteiger partial charge in [0.25, 0.3) is 5.91 Å². The lowest BCUT2D eigenvalue weighted by Crippen LogP contribution is -2.23. The van der Waals surface area contributed by atoms with Crippen molar-refractivity contribution >= 4 is 21.6 Å². The van der Waals surface area contributed by atoms with Crippen LogP contribution >= 0.6 is 0 Å². The zero-order chi connectivity index (χ0) is 23.1. The number of hydrogen-bond acceptors (Lipinski definition) is 5. The molecule has 0 radical (unpaired) electrons. The van der Waals surface area contributed by atoms with Gasteiger partial charge in [0.05, 0.1) is 17.7 Å². The minimum Gasteiger partial charge on any atom is -0.484 e. The summed E-state index contributed by atoms with van der Waals surface area (Å²) >= 11 is 0. The molecule has 0 aliphatic carbocycles. The summed E-state index contributed by atoms with van der Waals surface area (Å²) in [4.78, 5) is 12.3. The lowest BCUT2D eigenvalue weighted by atomic mass is 10.1. The molecule has 0 atom stereocenters. The van der Waals surface area contributed by atoms with Crippen LogP contribution in [0.15, 0.2) is 107 Å². The number of ether oxygens (including phenoxy) is 1. The Labute approximate surface area is 192 Å². The van der Waals surface area contributed by atoms with E-state index in [0.29, 0.717) is 17.2 Å². The Kier molecular flexibility index (Phi) is 6.87. The predicted octanol–water partition coefficient (Wildman–Crippen LogP) is 4.44. The highest BCUT2D eigenvalue weighted by atomic mass is 32.2. The summed E-state index contributed by atoms with van der Waals surface area (Å²) < 4.78 is 37.9. The number of carbonyl (C=O) groups is 1. The van der Waals surface area contributed by atoms with Crippen LogP contribution < -0.4 is 14.8 Å². The molecule has 3 aromatic carbocycles. The van der Waals surface area contributed by atoms with Gasteiger partial charge in [0, 0.05) is 5.69 Å². The van der Waals surface area contributed by atoms with Crippen LogP contribution in [0.2, 0.25) is 0 Å². The fourth-order valence-corrected chi connectivity index (χ4v) is 4.09. The van der Waals surface area contributed by atoms with Gasteiger partial charge in [-0.3, -0.25) is 4.79 Å². The molecular weight excluding hydrogens is 440 g/mol. The molecule has 2 N–H and O–H groups in total. The second-order valence-electron chi connectivity index (χ2n) is 7.16.